The molecule has 0 amide bonds. The van der Waals surface area contributed by atoms with Crippen molar-refractivity contribution in [2.75, 3.05) is 0 Å². The van der Waals surface area contributed by atoms with Crippen LogP contribution in [-0.4, -0.2) is 18.3 Å². The van der Waals surface area contributed by atoms with Crippen molar-refractivity contribution >= 4 is 12.6 Å². The fourth-order valence-electron chi connectivity index (χ4n) is 3.86. The number of hydrogen-bond donors (Lipinski definition) is 0. The molecule has 0 spiro atoms. The highest BCUT2D eigenvalue weighted by Crippen LogP contribution is 2.48. The Bertz CT molecular complexity index is 804. The minimum Gasteiger partial charge on any atom is -0.399 e. The van der Waals surface area contributed by atoms with Gasteiger partial charge in [0.15, 0.2) is 0 Å². The molecule has 4 rings (SSSR count). The lowest BCUT2D eigenvalue weighted by molar-refractivity contribution is 0.00578. The Morgan fingerprint density at radius 2 is 1.29 bits per heavy atom. The second kappa shape index (κ2) is 4.74. The van der Waals surface area contributed by atoms with Gasteiger partial charge in [-0.2, -0.15) is 0 Å². The summed E-state index contributed by atoms with van der Waals surface area (Å²) in [7, 11) is -0.309. The largest absolute Gasteiger partial charge is 0.494 e. The minimum atomic E-state index is -0.312. The van der Waals surface area contributed by atoms with E-state index in [0.717, 1.165) is 5.46 Å². The van der Waals surface area contributed by atoms with Crippen LogP contribution in [0.5, 0.6) is 0 Å². The summed E-state index contributed by atoms with van der Waals surface area (Å²) < 4.78 is 12.5. The topological polar surface area (TPSA) is 18.5 Å². The molecule has 1 aliphatic carbocycles. The van der Waals surface area contributed by atoms with E-state index < -0.39 is 0 Å². The molecule has 24 heavy (non-hydrogen) atoms. The van der Waals surface area contributed by atoms with Crippen LogP contribution in [-0.2, 0) is 14.7 Å². The van der Waals surface area contributed by atoms with Gasteiger partial charge in [-0.05, 0) is 55.4 Å². The van der Waals surface area contributed by atoms with Gasteiger partial charge in [0.25, 0.3) is 0 Å². The maximum atomic E-state index is 6.23. The van der Waals surface area contributed by atoms with Crippen LogP contribution < -0.4 is 5.46 Å². The highest BCUT2D eigenvalue weighted by atomic mass is 16.7. The summed E-state index contributed by atoms with van der Waals surface area (Å²) in [6.07, 6.45) is 0. The van der Waals surface area contributed by atoms with E-state index in [-0.39, 0.29) is 23.7 Å². The molecule has 2 aliphatic rings. The van der Waals surface area contributed by atoms with Gasteiger partial charge in [-0.25, -0.2) is 0 Å². The third-order valence-electron chi connectivity index (χ3n) is 6.13. The van der Waals surface area contributed by atoms with Crippen molar-refractivity contribution in [2.24, 2.45) is 0 Å². The first kappa shape index (κ1) is 15.9. The summed E-state index contributed by atoms with van der Waals surface area (Å²) in [5.41, 5.74) is 5.93. The molecule has 1 aliphatic heterocycles. The van der Waals surface area contributed by atoms with Crippen LogP contribution in [0.3, 0.4) is 0 Å². The highest BCUT2D eigenvalue weighted by molar-refractivity contribution is 6.62. The third kappa shape index (κ3) is 2.04. The van der Waals surface area contributed by atoms with E-state index in [1.165, 1.54) is 22.3 Å². The lowest BCUT2D eigenvalue weighted by Gasteiger charge is -2.32. The Balaban J connectivity index is 1.80. The lowest BCUT2D eigenvalue weighted by Crippen LogP contribution is -2.41. The maximum absolute atomic E-state index is 6.23. The number of fused-ring (bicyclic) bond motifs is 3. The first-order valence-corrected chi connectivity index (χ1v) is 8.73. The van der Waals surface area contributed by atoms with E-state index in [9.17, 15) is 0 Å². The van der Waals surface area contributed by atoms with Crippen molar-refractivity contribution in [3.8, 4) is 11.1 Å². The van der Waals surface area contributed by atoms with E-state index in [2.05, 4.69) is 84.0 Å². The van der Waals surface area contributed by atoms with Gasteiger partial charge in [0, 0.05) is 5.41 Å². The van der Waals surface area contributed by atoms with Crippen molar-refractivity contribution in [1.82, 2.24) is 0 Å². The monoisotopic (exact) mass is 320 g/mol. The molecule has 0 radical (unpaired) electrons. The van der Waals surface area contributed by atoms with Gasteiger partial charge in [-0.1, -0.05) is 56.3 Å². The van der Waals surface area contributed by atoms with E-state index >= 15 is 0 Å². The molecular weight excluding hydrogens is 295 g/mol. The zero-order valence-electron chi connectivity index (χ0n) is 15.4. The molecule has 2 aromatic rings. The van der Waals surface area contributed by atoms with Gasteiger partial charge in [0.1, 0.15) is 0 Å². The maximum Gasteiger partial charge on any atom is 0.494 e. The zero-order chi connectivity index (χ0) is 17.3. The molecule has 0 atom stereocenters. The molecule has 0 aromatic heterocycles. The average Bonchev–Trinajstić information content (AvgIpc) is 2.88. The fraction of sp³-hybridized carbons (Fsp3) is 0.429. The molecule has 1 saturated heterocycles. The summed E-state index contributed by atoms with van der Waals surface area (Å²) in [6, 6.07) is 15.4. The highest BCUT2D eigenvalue weighted by Gasteiger charge is 2.52. The SMILES string of the molecule is CC1(C)c2ccccc2-c2cc(B3OC(C)(C)C(C)(C)O3)ccc21. The van der Waals surface area contributed by atoms with Crippen molar-refractivity contribution in [2.45, 2.75) is 58.2 Å². The summed E-state index contributed by atoms with van der Waals surface area (Å²) in [4.78, 5) is 0. The first-order valence-electron chi connectivity index (χ1n) is 8.73. The standard InChI is InChI=1S/C21H25BO2/c1-19(2)17-10-8-7-9-15(17)16-13-14(11-12-18(16)19)22-23-20(3,4)21(5,6)24-22/h7-13H,1-6H3. The molecule has 124 valence electrons. The van der Waals surface area contributed by atoms with Gasteiger partial charge < -0.3 is 9.31 Å². The van der Waals surface area contributed by atoms with Crippen molar-refractivity contribution in [3.63, 3.8) is 0 Å². The normalized spacial score (nSPS) is 22.3. The van der Waals surface area contributed by atoms with Gasteiger partial charge in [0.2, 0.25) is 0 Å². The average molecular weight is 320 g/mol. The van der Waals surface area contributed by atoms with Crippen LogP contribution in [0.1, 0.15) is 52.7 Å². The van der Waals surface area contributed by atoms with Crippen molar-refractivity contribution in [1.29, 1.82) is 0 Å². The van der Waals surface area contributed by atoms with Crippen LogP contribution in [0.2, 0.25) is 0 Å². The Morgan fingerprint density at radius 3 is 1.96 bits per heavy atom. The van der Waals surface area contributed by atoms with Crippen LogP contribution in [0.4, 0.5) is 0 Å². The van der Waals surface area contributed by atoms with Gasteiger partial charge >= 0.3 is 7.12 Å². The summed E-state index contributed by atoms with van der Waals surface area (Å²) >= 11 is 0. The zero-order valence-corrected chi connectivity index (χ0v) is 15.4. The van der Waals surface area contributed by atoms with Gasteiger partial charge in [-0.15, -0.1) is 0 Å². The van der Waals surface area contributed by atoms with E-state index in [1.807, 2.05) is 0 Å². The second-order valence-electron chi connectivity index (χ2n) is 8.56. The molecule has 0 unspecified atom stereocenters. The predicted octanol–water partition coefficient (Wildman–Crippen LogP) is 4.29. The van der Waals surface area contributed by atoms with Gasteiger partial charge in [-0.3, -0.25) is 0 Å². The molecule has 1 heterocycles. The van der Waals surface area contributed by atoms with Crippen LogP contribution >= 0.6 is 0 Å². The molecule has 0 bridgehead atoms. The van der Waals surface area contributed by atoms with Gasteiger partial charge in [0.05, 0.1) is 11.2 Å². The molecule has 0 N–H and O–H groups in total. The van der Waals surface area contributed by atoms with Crippen LogP contribution in [0.15, 0.2) is 42.5 Å². The summed E-state index contributed by atoms with van der Waals surface area (Å²) in [5, 5.41) is 0. The second-order valence-corrected chi connectivity index (χ2v) is 8.56. The Labute approximate surface area is 145 Å². The minimum absolute atomic E-state index is 0.0421. The molecule has 2 aromatic carbocycles. The molecule has 2 nitrogen and oxygen atoms in total. The summed E-state index contributed by atoms with van der Waals surface area (Å²) in [5.74, 6) is 0. The fourth-order valence-corrected chi connectivity index (χ4v) is 3.86. The molecular formula is C21H25BO2. The Kier molecular flexibility index (Phi) is 3.14. The Hall–Kier alpha value is -1.58. The van der Waals surface area contributed by atoms with E-state index in [4.69, 9.17) is 9.31 Å². The first-order chi connectivity index (χ1) is 11.1. The molecule has 0 saturated carbocycles. The number of rotatable bonds is 1. The van der Waals surface area contributed by atoms with Crippen LogP contribution in [0, 0.1) is 0 Å². The van der Waals surface area contributed by atoms with E-state index in [1.54, 1.807) is 0 Å². The van der Waals surface area contributed by atoms with Crippen molar-refractivity contribution in [3.05, 3.63) is 53.6 Å². The number of benzene rings is 2. The van der Waals surface area contributed by atoms with Crippen molar-refractivity contribution < 1.29 is 9.31 Å². The predicted molar refractivity (Wildman–Crippen MR) is 99.7 cm³/mol. The van der Waals surface area contributed by atoms with E-state index in [0.29, 0.717) is 0 Å². The third-order valence-corrected chi connectivity index (χ3v) is 6.13. The molecule has 1 fully saturated rings. The number of hydrogen-bond acceptors (Lipinski definition) is 2. The molecule has 3 heteroatoms. The van der Waals surface area contributed by atoms with Crippen LogP contribution in [0.25, 0.3) is 11.1 Å². The quantitative estimate of drug-likeness (QED) is 0.730. The summed E-state index contributed by atoms with van der Waals surface area (Å²) in [6.45, 7) is 13.0. The smallest absolute Gasteiger partial charge is 0.399 e. The lowest BCUT2D eigenvalue weighted by atomic mass is 9.76. The Morgan fingerprint density at radius 1 is 0.708 bits per heavy atom.